The third kappa shape index (κ3) is 3.03. The fraction of sp³-hybridized carbons (Fsp3) is 0.357. The Bertz CT molecular complexity index is 606. The molecule has 1 aliphatic heterocycles. The lowest BCUT2D eigenvalue weighted by Crippen LogP contribution is -2.48. The van der Waals surface area contributed by atoms with Gasteiger partial charge in [0, 0.05) is 38.6 Å². The highest BCUT2D eigenvalue weighted by molar-refractivity contribution is 5.96. The van der Waals surface area contributed by atoms with Crippen LogP contribution in [-0.4, -0.2) is 51.9 Å². The smallest absolute Gasteiger partial charge is 0.276 e. The molecule has 3 heterocycles. The van der Waals surface area contributed by atoms with E-state index < -0.39 is 0 Å². The van der Waals surface area contributed by atoms with Crippen LogP contribution in [0, 0.1) is 0 Å². The molecule has 1 amide bonds. The maximum absolute atomic E-state index is 12.4. The van der Waals surface area contributed by atoms with E-state index in [-0.39, 0.29) is 17.4 Å². The average Bonchev–Trinajstić information content (AvgIpc) is 3.01. The van der Waals surface area contributed by atoms with E-state index in [1.807, 2.05) is 12.1 Å². The molecule has 0 unspecified atom stereocenters. The molecule has 0 radical (unpaired) electrons. The molecule has 0 saturated carbocycles. The van der Waals surface area contributed by atoms with Crippen LogP contribution in [0.5, 0.6) is 0 Å². The van der Waals surface area contributed by atoms with E-state index in [0.717, 1.165) is 25.4 Å². The second kappa shape index (κ2) is 5.92. The molecule has 21 heavy (non-hydrogen) atoms. The maximum atomic E-state index is 12.4. The molecule has 3 rings (SSSR count). The number of nitrogen functional groups attached to an aromatic ring is 1. The van der Waals surface area contributed by atoms with Gasteiger partial charge < -0.3 is 15.1 Å². The molecule has 0 bridgehead atoms. The zero-order chi connectivity index (χ0) is 14.7. The Morgan fingerprint density at radius 3 is 2.67 bits per heavy atom. The van der Waals surface area contributed by atoms with Gasteiger partial charge in [0.1, 0.15) is 5.76 Å². The number of aromatic nitrogens is 2. The summed E-state index contributed by atoms with van der Waals surface area (Å²) in [5.74, 6) is 0.965. The molecular formula is C14H17N5O2. The van der Waals surface area contributed by atoms with Crippen molar-refractivity contribution in [3.63, 3.8) is 0 Å². The number of nitrogens with zero attached hydrogens (tertiary/aromatic N) is 4. The molecule has 7 nitrogen and oxygen atoms in total. The van der Waals surface area contributed by atoms with Crippen molar-refractivity contribution < 1.29 is 9.21 Å². The van der Waals surface area contributed by atoms with E-state index in [1.165, 1.54) is 12.4 Å². The van der Waals surface area contributed by atoms with E-state index in [2.05, 4.69) is 14.9 Å². The van der Waals surface area contributed by atoms with Gasteiger partial charge in [-0.15, -0.1) is 0 Å². The SMILES string of the molecule is Nc1nccnc1C(=O)N1CCN(Cc2ccco2)CC1. The fourth-order valence-electron chi connectivity index (χ4n) is 2.40. The second-order valence-corrected chi connectivity index (χ2v) is 4.94. The predicted octanol–water partition coefficient (Wildman–Crippen LogP) is 0.610. The first kappa shape index (κ1) is 13.6. The van der Waals surface area contributed by atoms with Gasteiger partial charge >= 0.3 is 0 Å². The molecule has 1 aliphatic rings. The molecule has 1 saturated heterocycles. The molecule has 2 aromatic heterocycles. The molecule has 0 aromatic carbocycles. The lowest BCUT2D eigenvalue weighted by atomic mass is 10.2. The van der Waals surface area contributed by atoms with Gasteiger partial charge in [0.15, 0.2) is 11.5 Å². The van der Waals surface area contributed by atoms with Crippen LogP contribution < -0.4 is 5.73 Å². The van der Waals surface area contributed by atoms with Crippen molar-refractivity contribution in [3.8, 4) is 0 Å². The number of carbonyl (C=O) groups excluding carboxylic acids is 1. The molecule has 0 aliphatic carbocycles. The molecule has 2 aromatic rings. The van der Waals surface area contributed by atoms with Crippen molar-refractivity contribution in [3.05, 3.63) is 42.2 Å². The van der Waals surface area contributed by atoms with Crippen LogP contribution in [0.3, 0.4) is 0 Å². The number of anilines is 1. The van der Waals surface area contributed by atoms with E-state index >= 15 is 0 Å². The van der Waals surface area contributed by atoms with Gasteiger partial charge in [0.05, 0.1) is 12.8 Å². The van der Waals surface area contributed by atoms with Crippen LogP contribution in [0.4, 0.5) is 5.82 Å². The Labute approximate surface area is 122 Å². The van der Waals surface area contributed by atoms with Gasteiger partial charge in [-0.3, -0.25) is 9.69 Å². The number of carbonyl (C=O) groups is 1. The Kier molecular flexibility index (Phi) is 3.83. The van der Waals surface area contributed by atoms with Gasteiger partial charge in [-0.05, 0) is 12.1 Å². The van der Waals surface area contributed by atoms with Crippen LogP contribution in [0.15, 0.2) is 35.2 Å². The summed E-state index contributed by atoms with van der Waals surface area (Å²) in [5.41, 5.74) is 5.94. The fourth-order valence-corrected chi connectivity index (χ4v) is 2.40. The van der Waals surface area contributed by atoms with Gasteiger partial charge in [0.2, 0.25) is 0 Å². The number of nitrogens with two attached hydrogens (primary N) is 1. The summed E-state index contributed by atoms with van der Waals surface area (Å²) in [5, 5.41) is 0. The van der Waals surface area contributed by atoms with Gasteiger partial charge in [-0.1, -0.05) is 0 Å². The van der Waals surface area contributed by atoms with Gasteiger partial charge in [0.25, 0.3) is 5.91 Å². The lowest BCUT2D eigenvalue weighted by molar-refractivity contribution is 0.0615. The largest absolute Gasteiger partial charge is 0.468 e. The Hall–Kier alpha value is -2.41. The van der Waals surface area contributed by atoms with E-state index in [0.29, 0.717) is 13.1 Å². The molecule has 2 N–H and O–H groups in total. The van der Waals surface area contributed by atoms with Crippen molar-refractivity contribution in [2.24, 2.45) is 0 Å². The average molecular weight is 287 g/mol. The third-order valence-corrected chi connectivity index (χ3v) is 3.55. The number of hydrogen-bond donors (Lipinski definition) is 1. The minimum Gasteiger partial charge on any atom is -0.468 e. The monoisotopic (exact) mass is 287 g/mol. The quantitative estimate of drug-likeness (QED) is 0.889. The Morgan fingerprint density at radius 2 is 2.00 bits per heavy atom. The summed E-state index contributed by atoms with van der Waals surface area (Å²) in [6, 6.07) is 3.84. The Balaban J connectivity index is 1.58. The lowest BCUT2D eigenvalue weighted by Gasteiger charge is -2.34. The van der Waals surface area contributed by atoms with Crippen molar-refractivity contribution in [1.82, 2.24) is 19.8 Å². The zero-order valence-electron chi connectivity index (χ0n) is 11.6. The number of amides is 1. The summed E-state index contributed by atoms with van der Waals surface area (Å²) in [7, 11) is 0. The highest BCUT2D eigenvalue weighted by Gasteiger charge is 2.24. The van der Waals surface area contributed by atoms with Crippen molar-refractivity contribution in [2.75, 3.05) is 31.9 Å². The van der Waals surface area contributed by atoms with Crippen molar-refractivity contribution >= 4 is 11.7 Å². The second-order valence-electron chi connectivity index (χ2n) is 4.94. The first-order valence-electron chi connectivity index (χ1n) is 6.84. The van der Waals surface area contributed by atoms with Crippen LogP contribution in [0.2, 0.25) is 0 Å². The zero-order valence-corrected chi connectivity index (χ0v) is 11.6. The predicted molar refractivity (Wildman–Crippen MR) is 76.3 cm³/mol. The minimum absolute atomic E-state index is 0.154. The van der Waals surface area contributed by atoms with Crippen LogP contribution in [-0.2, 0) is 6.54 Å². The standard InChI is InChI=1S/C14H17N5O2/c15-13-12(16-3-4-17-13)14(20)19-7-5-18(6-8-19)10-11-2-1-9-21-11/h1-4,9H,5-8,10H2,(H2,15,17). The summed E-state index contributed by atoms with van der Waals surface area (Å²) in [6.45, 7) is 3.66. The summed E-state index contributed by atoms with van der Waals surface area (Å²) >= 11 is 0. The first-order valence-corrected chi connectivity index (χ1v) is 6.84. The van der Waals surface area contributed by atoms with Gasteiger partial charge in [-0.25, -0.2) is 9.97 Å². The molecule has 7 heteroatoms. The molecule has 0 spiro atoms. The molecule has 0 atom stereocenters. The highest BCUT2D eigenvalue weighted by Crippen LogP contribution is 2.12. The van der Waals surface area contributed by atoms with Crippen LogP contribution >= 0.6 is 0 Å². The van der Waals surface area contributed by atoms with Crippen molar-refractivity contribution in [2.45, 2.75) is 6.54 Å². The molecular weight excluding hydrogens is 270 g/mol. The first-order chi connectivity index (χ1) is 10.2. The summed E-state index contributed by atoms with van der Waals surface area (Å²) in [6.07, 6.45) is 4.64. The number of rotatable bonds is 3. The topological polar surface area (TPSA) is 88.5 Å². The minimum atomic E-state index is -0.154. The normalized spacial score (nSPS) is 16.1. The number of piperazine rings is 1. The number of hydrogen-bond acceptors (Lipinski definition) is 6. The number of furan rings is 1. The highest BCUT2D eigenvalue weighted by atomic mass is 16.3. The summed E-state index contributed by atoms with van der Waals surface area (Å²) in [4.78, 5) is 24.3. The molecule has 110 valence electrons. The van der Waals surface area contributed by atoms with Gasteiger partial charge in [-0.2, -0.15) is 0 Å². The third-order valence-electron chi connectivity index (χ3n) is 3.55. The van der Waals surface area contributed by atoms with Crippen LogP contribution in [0.25, 0.3) is 0 Å². The van der Waals surface area contributed by atoms with E-state index in [4.69, 9.17) is 10.2 Å². The van der Waals surface area contributed by atoms with E-state index in [9.17, 15) is 4.79 Å². The summed E-state index contributed by atoms with van der Waals surface area (Å²) < 4.78 is 5.34. The van der Waals surface area contributed by atoms with E-state index in [1.54, 1.807) is 11.2 Å². The van der Waals surface area contributed by atoms with Crippen molar-refractivity contribution in [1.29, 1.82) is 0 Å². The Morgan fingerprint density at radius 1 is 1.24 bits per heavy atom. The molecule has 1 fully saturated rings. The maximum Gasteiger partial charge on any atom is 0.276 e. The van der Waals surface area contributed by atoms with Crippen LogP contribution in [0.1, 0.15) is 16.2 Å².